The Morgan fingerprint density at radius 2 is 1.60 bits per heavy atom. The molecule has 0 aromatic heterocycles. The molecule has 184 valence electrons. The van der Waals surface area contributed by atoms with Crippen LogP contribution in [0.15, 0.2) is 48.5 Å². The van der Waals surface area contributed by atoms with Gasteiger partial charge in [0, 0.05) is 18.6 Å². The molecule has 5 rings (SSSR count). The van der Waals surface area contributed by atoms with Crippen molar-refractivity contribution in [1.29, 1.82) is 0 Å². The predicted molar refractivity (Wildman–Crippen MR) is 128 cm³/mol. The van der Waals surface area contributed by atoms with Gasteiger partial charge in [0.15, 0.2) is 6.10 Å². The molecule has 1 saturated heterocycles. The van der Waals surface area contributed by atoms with Crippen LogP contribution in [0.3, 0.4) is 0 Å². The summed E-state index contributed by atoms with van der Waals surface area (Å²) in [7, 11) is 0. The first-order valence-electron chi connectivity index (χ1n) is 12.3. The van der Waals surface area contributed by atoms with Crippen molar-refractivity contribution in [2.24, 2.45) is 5.92 Å². The third kappa shape index (κ3) is 4.89. The molecule has 0 radical (unpaired) electrons. The minimum absolute atomic E-state index is 0.0396. The molecule has 3 N–H and O–H groups in total. The van der Waals surface area contributed by atoms with Crippen molar-refractivity contribution in [3.8, 4) is 11.1 Å². The number of hydrogen-bond donors (Lipinski definition) is 3. The number of aliphatic carboxylic acids is 1. The van der Waals surface area contributed by atoms with E-state index in [9.17, 15) is 14.4 Å². The van der Waals surface area contributed by atoms with Gasteiger partial charge in [0.1, 0.15) is 6.61 Å². The Bertz CT molecular complexity index is 1070. The van der Waals surface area contributed by atoms with Crippen LogP contribution in [0.2, 0.25) is 0 Å². The van der Waals surface area contributed by atoms with Crippen molar-refractivity contribution in [3.63, 3.8) is 0 Å². The summed E-state index contributed by atoms with van der Waals surface area (Å²) in [6, 6.07) is 15.6. The van der Waals surface area contributed by atoms with Gasteiger partial charge in [-0.2, -0.15) is 0 Å². The number of hydrogen-bond acceptors (Lipinski definition) is 5. The number of ether oxygens (including phenoxy) is 2. The molecule has 2 aliphatic carbocycles. The second kappa shape index (κ2) is 10.1. The molecule has 2 aromatic carbocycles. The maximum Gasteiger partial charge on any atom is 0.407 e. The van der Waals surface area contributed by atoms with E-state index in [-0.39, 0.29) is 36.8 Å². The molecule has 2 fully saturated rings. The van der Waals surface area contributed by atoms with Crippen molar-refractivity contribution in [2.75, 3.05) is 13.2 Å². The zero-order chi connectivity index (χ0) is 24.4. The molecule has 2 amide bonds. The molecule has 0 bridgehead atoms. The SMILES string of the molecule is O=C(O)CC1CCCC1NC(=O)[C@H]1OCC[C@H]1NC(=O)OCC1c2ccccc2-c2ccccc21. The molecule has 3 aliphatic rings. The summed E-state index contributed by atoms with van der Waals surface area (Å²) in [5.74, 6) is -1.29. The molecule has 1 heterocycles. The molecule has 8 heteroatoms. The summed E-state index contributed by atoms with van der Waals surface area (Å²) in [6.07, 6.45) is 1.57. The van der Waals surface area contributed by atoms with E-state index in [1.807, 2.05) is 24.3 Å². The van der Waals surface area contributed by atoms with Gasteiger partial charge in [0.25, 0.3) is 5.91 Å². The summed E-state index contributed by atoms with van der Waals surface area (Å²) < 4.78 is 11.2. The van der Waals surface area contributed by atoms with E-state index in [2.05, 4.69) is 34.9 Å². The molecule has 8 nitrogen and oxygen atoms in total. The van der Waals surface area contributed by atoms with Crippen LogP contribution in [0.5, 0.6) is 0 Å². The number of carboxylic acids is 1. The number of carbonyl (C=O) groups is 3. The van der Waals surface area contributed by atoms with Crippen molar-refractivity contribution in [2.45, 2.75) is 56.2 Å². The molecule has 35 heavy (non-hydrogen) atoms. The number of benzene rings is 2. The van der Waals surface area contributed by atoms with Gasteiger partial charge >= 0.3 is 12.1 Å². The second-order valence-corrected chi connectivity index (χ2v) is 9.56. The Morgan fingerprint density at radius 3 is 2.29 bits per heavy atom. The van der Waals surface area contributed by atoms with Crippen molar-refractivity contribution in [3.05, 3.63) is 59.7 Å². The molecular weight excluding hydrogens is 448 g/mol. The number of carbonyl (C=O) groups excluding carboxylic acids is 2. The molecule has 1 aliphatic heterocycles. The van der Waals surface area contributed by atoms with Crippen molar-refractivity contribution < 1.29 is 29.0 Å². The topological polar surface area (TPSA) is 114 Å². The minimum Gasteiger partial charge on any atom is -0.481 e. The summed E-state index contributed by atoms with van der Waals surface area (Å²) in [5, 5.41) is 14.9. The molecule has 2 unspecified atom stereocenters. The highest BCUT2D eigenvalue weighted by molar-refractivity contribution is 5.83. The zero-order valence-corrected chi connectivity index (χ0v) is 19.4. The monoisotopic (exact) mass is 478 g/mol. The van der Waals surface area contributed by atoms with E-state index in [1.165, 1.54) is 0 Å². The number of alkyl carbamates (subject to hydrolysis) is 1. The Balaban J connectivity index is 1.17. The average molecular weight is 479 g/mol. The fourth-order valence-electron chi connectivity index (χ4n) is 5.75. The Hall–Kier alpha value is -3.39. The van der Waals surface area contributed by atoms with Gasteiger partial charge in [0.05, 0.1) is 12.5 Å². The van der Waals surface area contributed by atoms with Crippen LogP contribution in [0.4, 0.5) is 4.79 Å². The molecule has 2 aromatic rings. The lowest BCUT2D eigenvalue weighted by atomic mass is 9.98. The quantitative estimate of drug-likeness (QED) is 0.562. The zero-order valence-electron chi connectivity index (χ0n) is 19.4. The lowest BCUT2D eigenvalue weighted by Crippen LogP contribution is -2.51. The van der Waals surface area contributed by atoms with Crippen molar-refractivity contribution >= 4 is 18.0 Å². The largest absolute Gasteiger partial charge is 0.481 e. The highest BCUT2D eigenvalue weighted by Gasteiger charge is 2.39. The fourth-order valence-corrected chi connectivity index (χ4v) is 5.75. The Labute approximate surface area is 204 Å². The van der Waals surface area contributed by atoms with Crippen LogP contribution in [-0.2, 0) is 19.1 Å². The molecule has 0 spiro atoms. The first kappa shape index (κ1) is 23.4. The van der Waals surface area contributed by atoms with E-state index >= 15 is 0 Å². The van der Waals surface area contributed by atoms with Crippen molar-refractivity contribution in [1.82, 2.24) is 10.6 Å². The van der Waals surface area contributed by atoms with E-state index in [4.69, 9.17) is 14.6 Å². The smallest absolute Gasteiger partial charge is 0.407 e. The van der Waals surface area contributed by atoms with Crippen LogP contribution in [0, 0.1) is 5.92 Å². The number of rotatable bonds is 7. The summed E-state index contributed by atoms with van der Waals surface area (Å²) in [5.41, 5.74) is 4.59. The van der Waals surface area contributed by atoms with Gasteiger partial charge in [-0.3, -0.25) is 9.59 Å². The third-order valence-corrected chi connectivity index (χ3v) is 7.42. The lowest BCUT2D eigenvalue weighted by Gasteiger charge is -2.24. The van der Waals surface area contributed by atoms with Crippen LogP contribution in [-0.4, -0.2) is 54.5 Å². The van der Waals surface area contributed by atoms with Gasteiger partial charge in [-0.1, -0.05) is 55.0 Å². The van der Waals surface area contributed by atoms with Crippen LogP contribution >= 0.6 is 0 Å². The third-order valence-electron chi connectivity index (χ3n) is 7.42. The maximum atomic E-state index is 12.9. The van der Waals surface area contributed by atoms with Gasteiger partial charge in [-0.15, -0.1) is 0 Å². The molecule has 1 saturated carbocycles. The minimum atomic E-state index is -0.858. The summed E-state index contributed by atoms with van der Waals surface area (Å²) in [6.45, 7) is 0.554. The highest BCUT2D eigenvalue weighted by atomic mass is 16.6. The van der Waals surface area contributed by atoms with Crippen LogP contribution in [0.25, 0.3) is 11.1 Å². The Kier molecular flexibility index (Phi) is 6.72. The highest BCUT2D eigenvalue weighted by Crippen LogP contribution is 2.44. The first-order valence-corrected chi connectivity index (χ1v) is 12.3. The van der Waals surface area contributed by atoms with Crippen LogP contribution < -0.4 is 10.6 Å². The normalized spacial score (nSPS) is 25.0. The lowest BCUT2D eigenvalue weighted by molar-refractivity contribution is -0.139. The van der Waals surface area contributed by atoms with Gasteiger partial charge < -0.3 is 25.2 Å². The van der Waals surface area contributed by atoms with Gasteiger partial charge in [-0.05, 0) is 47.4 Å². The fraction of sp³-hybridized carbons (Fsp3) is 0.444. The van der Waals surface area contributed by atoms with E-state index < -0.39 is 24.2 Å². The molecular formula is C27H30N2O6. The molecule has 4 atom stereocenters. The number of amides is 2. The average Bonchev–Trinajstić information content (AvgIpc) is 3.56. The van der Waals surface area contributed by atoms with E-state index in [0.29, 0.717) is 13.0 Å². The summed E-state index contributed by atoms with van der Waals surface area (Å²) >= 11 is 0. The standard InChI is InChI=1S/C27H30N2O6/c30-24(31)14-16-6-5-11-22(16)28-26(32)25-23(12-13-34-25)29-27(33)35-15-21-19-9-3-1-7-17(19)18-8-2-4-10-20(18)21/h1-4,7-10,16,21-23,25H,5-6,11-15H2,(H,28,32)(H,29,33)(H,30,31)/t16?,22?,23-,25+/m1/s1. The Morgan fingerprint density at radius 1 is 0.914 bits per heavy atom. The van der Waals surface area contributed by atoms with Crippen LogP contribution in [0.1, 0.15) is 49.1 Å². The van der Waals surface area contributed by atoms with Gasteiger partial charge in [0.2, 0.25) is 0 Å². The van der Waals surface area contributed by atoms with Gasteiger partial charge in [-0.25, -0.2) is 4.79 Å². The predicted octanol–water partition coefficient (Wildman–Crippen LogP) is 3.44. The maximum absolute atomic E-state index is 12.9. The summed E-state index contributed by atoms with van der Waals surface area (Å²) in [4.78, 5) is 36.7. The number of fused-ring (bicyclic) bond motifs is 3. The first-order chi connectivity index (χ1) is 17.0. The second-order valence-electron chi connectivity index (χ2n) is 9.56. The van der Waals surface area contributed by atoms with E-state index in [0.717, 1.165) is 41.5 Å². The number of nitrogens with one attached hydrogen (secondary N) is 2. The van der Waals surface area contributed by atoms with E-state index in [1.54, 1.807) is 0 Å². The number of carboxylic acid groups (broad SMARTS) is 1.